The van der Waals surface area contributed by atoms with E-state index in [0.717, 1.165) is 36.3 Å². The summed E-state index contributed by atoms with van der Waals surface area (Å²) in [6, 6.07) is 5.45. The smallest absolute Gasteiger partial charge is 0.405 e. The Labute approximate surface area is 254 Å². The van der Waals surface area contributed by atoms with E-state index in [4.69, 9.17) is 11.5 Å². The molecule has 1 aliphatic heterocycles. The van der Waals surface area contributed by atoms with Crippen molar-refractivity contribution in [2.45, 2.75) is 77.0 Å². The van der Waals surface area contributed by atoms with Crippen LogP contribution in [0.3, 0.4) is 0 Å². The number of urea groups is 1. The predicted octanol–water partition coefficient (Wildman–Crippen LogP) is 2.64. The molecule has 0 radical (unpaired) electrons. The molecular formula is C29H41F3N8O4. The summed E-state index contributed by atoms with van der Waals surface area (Å²) in [5, 5.41) is 2.57. The highest BCUT2D eigenvalue weighted by Crippen LogP contribution is 2.31. The van der Waals surface area contributed by atoms with Gasteiger partial charge in [0.2, 0.25) is 5.91 Å². The lowest BCUT2D eigenvalue weighted by Crippen LogP contribution is -2.58. The molecule has 2 aromatic rings. The van der Waals surface area contributed by atoms with Gasteiger partial charge in [-0.15, -0.1) is 13.2 Å². The van der Waals surface area contributed by atoms with Crippen molar-refractivity contribution in [2.24, 2.45) is 11.5 Å². The SMILES string of the molecule is CCN(Cc1ccc(-n2ccc(NC(=O)N3CCN(C(=O)C(C)(C)N)CC3)nc2=O)cc1OC(F)(F)F)C1CCC(N)CC1. The van der Waals surface area contributed by atoms with E-state index in [0.29, 0.717) is 25.2 Å². The molecule has 242 valence electrons. The molecule has 1 aromatic carbocycles. The fourth-order valence-corrected chi connectivity index (χ4v) is 5.61. The Morgan fingerprint density at radius 2 is 1.70 bits per heavy atom. The molecular weight excluding hydrogens is 581 g/mol. The van der Waals surface area contributed by atoms with Crippen LogP contribution in [0.2, 0.25) is 0 Å². The summed E-state index contributed by atoms with van der Waals surface area (Å²) in [5.74, 6) is -0.635. The van der Waals surface area contributed by atoms with Crippen LogP contribution >= 0.6 is 0 Å². The summed E-state index contributed by atoms with van der Waals surface area (Å²) in [6.45, 7) is 7.24. The molecule has 1 aromatic heterocycles. The largest absolute Gasteiger partial charge is 0.573 e. The number of hydrogen-bond donors (Lipinski definition) is 3. The van der Waals surface area contributed by atoms with Crippen molar-refractivity contribution in [3.05, 3.63) is 46.5 Å². The zero-order valence-corrected chi connectivity index (χ0v) is 25.3. The van der Waals surface area contributed by atoms with Gasteiger partial charge in [0.25, 0.3) is 0 Å². The topological polar surface area (TPSA) is 152 Å². The van der Waals surface area contributed by atoms with Gasteiger partial charge in [-0.25, -0.2) is 9.59 Å². The first-order valence-corrected chi connectivity index (χ1v) is 14.8. The van der Waals surface area contributed by atoms with Crippen LogP contribution in [0.5, 0.6) is 5.75 Å². The van der Waals surface area contributed by atoms with Crippen molar-refractivity contribution in [2.75, 3.05) is 38.0 Å². The van der Waals surface area contributed by atoms with Crippen molar-refractivity contribution in [1.29, 1.82) is 0 Å². The van der Waals surface area contributed by atoms with E-state index in [-0.39, 0.29) is 49.1 Å². The molecule has 0 unspecified atom stereocenters. The number of benzene rings is 1. The summed E-state index contributed by atoms with van der Waals surface area (Å²) in [5.41, 5.74) is 10.6. The van der Waals surface area contributed by atoms with Gasteiger partial charge in [-0.05, 0) is 58.2 Å². The molecule has 0 spiro atoms. The number of halogens is 3. The number of nitrogens with zero attached hydrogens (tertiary/aromatic N) is 5. The number of nitrogens with two attached hydrogens (primary N) is 2. The van der Waals surface area contributed by atoms with Gasteiger partial charge in [-0.3, -0.25) is 19.6 Å². The standard InChI is InChI=1S/C29H41F3N8O4/c1-4-37(21-9-6-20(33)7-10-21)18-19-5-8-22(17-23(19)44-29(30,31)32)40-12-11-24(36-27(40)43)35-26(42)39-15-13-38(14-16-39)25(41)28(2,3)34/h5,8,11-12,17,20-21H,4,6-7,9-10,13-16,18,33-34H2,1-3H3,(H,35,36,42,43). The lowest BCUT2D eigenvalue weighted by atomic mass is 9.90. The van der Waals surface area contributed by atoms with Gasteiger partial charge < -0.3 is 26.0 Å². The van der Waals surface area contributed by atoms with E-state index < -0.39 is 29.4 Å². The summed E-state index contributed by atoms with van der Waals surface area (Å²) in [6.07, 6.45) is -0.143. The van der Waals surface area contributed by atoms with Crippen molar-refractivity contribution < 1.29 is 27.5 Å². The minimum absolute atomic E-state index is 0.0213. The van der Waals surface area contributed by atoms with Gasteiger partial charge in [-0.2, -0.15) is 4.98 Å². The molecule has 15 heteroatoms. The second kappa shape index (κ2) is 13.5. The van der Waals surface area contributed by atoms with Gasteiger partial charge in [0, 0.05) is 62.6 Å². The average molecular weight is 623 g/mol. The van der Waals surface area contributed by atoms with Crippen molar-refractivity contribution in [3.63, 3.8) is 0 Å². The number of ether oxygens (including phenoxy) is 1. The molecule has 1 saturated heterocycles. The van der Waals surface area contributed by atoms with Gasteiger partial charge in [0.05, 0.1) is 11.2 Å². The van der Waals surface area contributed by atoms with Crippen LogP contribution in [0.4, 0.5) is 23.8 Å². The molecule has 2 heterocycles. The lowest BCUT2D eigenvalue weighted by molar-refractivity contribution is -0.275. The first-order valence-electron chi connectivity index (χ1n) is 14.8. The van der Waals surface area contributed by atoms with Gasteiger partial charge in [0.15, 0.2) is 0 Å². The third-order valence-corrected chi connectivity index (χ3v) is 8.04. The maximum Gasteiger partial charge on any atom is 0.573 e. The fourth-order valence-electron chi connectivity index (χ4n) is 5.61. The highest BCUT2D eigenvalue weighted by atomic mass is 19.4. The van der Waals surface area contributed by atoms with Gasteiger partial charge in [0.1, 0.15) is 11.6 Å². The molecule has 0 atom stereocenters. The molecule has 4 rings (SSSR count). The Morgan fingerprint density at radius 3 is 2.27 bits per heavy atom. The molecule has 2 fully saturated rings. The second-order valence-electron chi connectivity index (χ2n) is 11.9. The summed E-state index contributed by atoms with van der Waals surface area (Å²) in [7, 11) is 0. The van der Waals surface area contributed by atoms with Crippen LogP contribution in [0, 0.1) is 0 Å². The van der Waals surface area contributed by atoms with Crippen molar-refractivity contribution in [1.82, 2.24) is 24.3 Å². The van der Waals surface area contributed by atoms with E-state index in [1.165, 1.54) is 29.3 Å². The summed E-state index contributed by atoms with van der Waals surface area (Å²) in [4.78, 5) is 47.2. The van der Waals surface area contributed by atoms with E-state index >= 15 is 0 Å². The molecule has 44 heavy (non-hydrogen) atoms. The van der Waals surface area contributed by atoms with Crippen molar-refractivity contribution in [3.8, 4) is 11.4 Å². The zero-order chi connectivity index (χ0) is 32.2. The third-order valence-electron chi connectivity index (χ3n) is 8.04. The quantitative estimate of drug-likeness (QED) is 0.407. The molecule has 12 nitrogen and oxygen atoms in total. The van der Waals surface area contributed by atoms with Crippen LogP contribution < -0.4 is 27.2 Å². The Kier molecular flexibility index (Phi) is 10.2. The predicted molar refractivity (Wildman–Crippen MR) is 158 cm³/mol. The average Bonchev–Trinajstić information content (AvgIpc) is 2.95. The van der Waals surface area contributed by atoms with Crippen LogP contribution in [0.1, 0.15) is 52.0 Å². The molecule has 1 saturated carbocycles. The number of carbonyl (C=O) groups excluding carboxylic acids is 2. The summed E-state index contributed by atoms with van der Waals surface area (Å²) >= 11 is 0. The normalized spacial score (nSPS) is 19.7. The first-order chi connectivity index (χ1) is 20.6. The number of anilines is 1. The van der Waals surface area contributed by atoms with E-state index in [1.807, 2.05) is 6.92 Å². The third kappa shape index (κ3) is 8.48. The summed E-state index contributed by atoms with van der Waals surface area (Å²) < 4.78 is 45.6. The Hall–Kier alpha value is -3.69. The zero-order valence-electron chi connectivity index (χ0n) is 25.3. The Bertz CT molecular complexity index is 1380. The number of piperazine rings is 1. The molecule has 5 N–H and O–H groups in total. The number of amides is 3. The minimum Gasteiger partial charge on any atom is -0.405 e. The van der Waals surface area contributed by atoms with E-state index in [2.05, 4.69) is 19.9 Å². The van der Waals surface area contributed by atoms with Crippen LogP contribution in [0.15, 0.2) is 35.3 Å². The van der Waals surface area contributed by atoms with Gasteiger partial charge >= 0.3 is 18.1 Å². The number of hydrogen-bond acceptors (Lipinski definition) is 8. The number of rotatable bonds is 8. The van der Waals surface area contributed by atoms with Gasteiger partial charge in [-0.1, -0.05) is 13.0 Å². The van der Waals surface area contributed by atoms with E-state index in [9.17, 15) is 27.6 Å². The van der Waals surface area contributed by atoms with Crippen LogP contribution in [-0.2, 0) is 11.3 Å². The molecule has 2 aliphatic rings. The first kappa shape index (κ1) is 33.2. The minimum atomic E-state index is -4.93. The highest BCUT2D eigenvalue weighted by Gasteiger charge is 2.34. The second-order valence-corrected chi connectivity index (χ2v) is 11.9. The number of aromatic nitrogens is 2. The maximum absolute atomic E-state index is 13.4. The van der Waals surface area contributed by atoms with Crippen molar-refractivity contribution >= 4 is 17.8 Å². The van der Waals surface area contributed by atoms with E-state index in [1.54, 1.807) is 18.7 Å². The Balaban J connectivity index is 1.46. The van der Waals surface area contributed by atoms with Crippen LogP contribution in [0.25, 0.3) is 5.69 Å². The molecule has 1 aliphatic carbocycles. The number of nitrogens with one attached hydrogen (secondary N) is 1. The lowest BCUT2D eigenvalue weighted by Gasteiger charge is -2.37. The number of carbonyl (C=O) groups is 2. The highest BCUT2D eigenvalue weighted by molar-refractivity contribution is 5.89. The Morgan fingerprint density at radius 1 is 1.07 bits per heavy atom. The monoisotopic (exact) mass is 622 g/mol. The van der Waals surface area contributed by atoms with Crippen LogP contribution in [-0.4, -0.2) is 92.9 Å². The fraction of sp³-hybridized carbons (Fsp3) is 0.586. The number of alkyl halides is 3. The molecule has 0 bridgehead atoms. The molecule has 3 amide bonds. The maximum atomic E-state index is 13.4.